The van der Waals surface area contributed by atoms with Gasteiger partial charge >= 0.3 is 0 Å². The van der Waals surface area contributed by atoms with Gasteiger partial charge in [-0.3, -0.25) is 24.9 Å². The molecule has 1 aliphatic rings. The number of aromatic nitrogens is 2. The van der Waals surface area contributed by atoms with Crippen LogP contribution in [0.4, 0.5) is 17.1 Å². The summed E-state index contributed by atoms with van der Waals surface area (Å²) >= 11 is 0. The van der Waals surface area contributed by atoms with Crippen LogP contribution in [0.5, 0.6) is 0 Å². The molecule has 8 nitrogen and oxygen atoms in total. The third-order valence-electron chi connectivity index (χ3n) is 5.27. The van der Waals surface area contributed by atoms with Crippen molar-refractivity contribution in [3.8, 4) is 0 Å². The number of rotatable bonds is 4. The molecule has 1 amide bonds. The molecule has 3 aromatic rings. The number of benzene rings is 1. The van der Waals surface area contributed by atoms with Gasteiger partial charge in [0.05, 0.1) is 21.9 Å². The van der Waals surface area contributed by atoms with Crippen molar-refractivity contribution in [2.24, 2.45) is 0 Å². The highest BCUT2D eigenvalue weighted by Gasteiger charge is 2.19. The highest BCUT2D eigenvalue weighted by Crippen LogP contribution is 2.33. The Morgan fingerprint density at radius 1 is 1.14 bits per heavy atom. The first-order valence-corrected chi connectivity index (χ1v) is 9.58. The van der Waals surface area contributed by atoms with Crippen LogP contribution in [0.25, 0.3) is 10.8 Å². The van der Waals surface area contributed by atoms with Crippen LogP contribution in [-0.4, -0.2) is 33.9 Å². The maximum Gasteiger partial charge on any atom is 0.288 e. The van der Waals surface area contributed by atoms with E-state index in [4.69, 9.17) is 0 Å². The molecule has 0 spiro atoms. The zero-order valence-corrected chi connectivity index (χ0v) is 16.1. The van der Waals surface area contributed by atoms with Crippen molar-refractivity contribution in [2.75, 3.05) is 23.3 Å². The fourth-order valence-corrected chi connectivity index (χ4v) is 3.74. The second-order valence-corrected chi connectivity index (χ2v) is 7.14. The summed E-state index contributed by atoms with van der Waals surface area (Å²) in [6.07, 6.45) is 8.22. The number of amides is 1. The van der Waals surface area contributed by atoms with E-state index in [0.717, 1.165) is 35.7 Å². The third-order valence-corrected chi connectivity index (χ3v) is 5.27. The number of nitrogens with one attached hydrogen (secondary N) is 1. The van der Waals surface area contributed by atoms with Crippen LogP contribution in [0.3, 0.4) is 0 Å². The molecule has 29 heavy (non-hydrogen) atoms. The number of carbonyl (C=O) groups is 1. The van der Waals surface area contributed by atoms with Crippen LogP contribution in [0.2, 0.25) is 0 Å². The van der Waals surface area contributed by atoms with Gasteiger partial charge < -0.3 is 10.2 Å². The summed E-state index contributed by atoms with van der Waals surface area (Å²) in [5.41, 5.74) is 2.14. The number of piperidine rings is 1. The SMILES string of the molecule is Cc1ncc([N+](=O)[O-])cc1C(=O)Nc1ccc(N2CCCCC2)c2ccncc12. The molecule has 0 unspecified atom stereocenters. The molecule has 0 bridgehead atoms. The number of nitro groups is 1. The second-order valence-electron chi connectivity index (χ2n) is 7.14. The summed E-state index contributed by atoms with van der Waals surface area (Å²) in [5.74, 6) is -0.436. The molecular weight excluding hydrogens is 370 g/mol. The van der Waals surface area contributed by atoms with Crippen LogP contribution in [-0.2, 0) is 0 Å². The molecule has 0 aliphatic carbocycles. The molecule has 0 atom stereocenters. The van der Waals surface area contributed by atoms with Crippen LogP contribution in [0.15, 0.2) is 42.9 Å². The van der Waals surface area contributed by atoms with E-state index in [1.54, 1.807) is 19.3 Å². The van der Waals surface area contributed by atoms with E-state index < -0.39 is 10.8 Å². The maximum atomic E-state index is 12.8. The monoisotopic (exact) mass is 391 g/mol. The van der Waals surface area contributed by atoms with Gasteiger partial charge in [0.25, 0.3) is 11.6 Å². The molecule has 1 aliphatic heterocycles. The van der Waals surface area contributed by atoms with E-state index >= 15 is 0 Å². The minimum atomic E-state index is -0.560. The predicted octanol–water partition coefficient (Wildman–Crippen LogP) is 4.09. The molecule has 1 aromatic carbocycles. The van der Waals surface area contributed by atoms with Crippen LogP contribution in [0.1, 0.15) is 35.3 Å². The Hall–Kier alpha value is -3.55. The summed E-state index contributed by atoms with van der Waals surface area (Å²) in [6.45, 7) is 3.68. The van der Waals surface area contributed by atoms with E-state index in [0.29, 0.717) is 11.4 Å². The smallest absolute Gasteiger partial charge is 0.288 e. The summed E-state index contributed by atoms with van der Waals surface area (Å²) in [5, 5.41) is 15.8. The summed E-state index contributed by atoms with van der Waals surface area (Å²) < 4.78 is 0. The van der Waals surface area contributed by atoms with E-state index in [2.05, 4.69) is 20.2 Å². The average Bonchev–Trinajstić information content (AvgIpc) is 2.74. The first-order valence-electron chi connectivity index (χ1n) is 9.58. The number of pyridine rings is 2. The van der Waals surface area contributed by atoms with Gasteiger partial charge in [0.2, 0.25) is 0 Å². The standard InChI is InChI=1S/C21H21N5O3/c1-14-17(11-15(12-23-14)26(28)29)21(27)24-19-5-6-20(25-9-3-2-4-10-25)16-7-8-22-13-18(16)19/h5-8,11-13H,2-4,9-10H2,1H3,(H,24,27). The molecular formula is C21H21N5O3. The number of nitrogens with zero attached hydrogens (tertiary/aromatic N) is 4. The van der Waals surface area contributed by atoms with Gasteiger partial charge in [0.15, 0.2) is 0 Å². The van der Waals surface area contributed by atoms with Crippen molar-refractivity contribution in [3.63, 3.8) is 0 Å². The van der Waals surface area contributed by atoms with Crippen LogP contribution >= 0.6 is 0 Å². The predicted molar refractivity (Wildman–Crippen MR) is 111 cm³/mol. The number of anilines is 2. The Balaban J connectivity index is 1.69. The fourth-order valence-electron chi connectivity index (χ4n) is 3.74. The molecule has 0 saturated carbocycles. The zero-order chi connectivity index (χ0) is 20.4. The zero-order valence-electron chi connectivity index (χ0n) is 16.1. The Kier molecular flexibility index (Phi) is 5.07. The lowest BCUT2D eigenvalue weighted by molar-refractivity contribution is -0.385. The molecule has 148 valence electrons. The molecule has 2 aromatic heterocycles. The van der Waals surface area contributed by atoms with Gasteiger partial charge in [0, 0.05) is 48.0 Å². The number of hydrogen-bond donors (Lipinski definition) is 1. The Morgan fingerprint density at radius 2 is 1.93 bits per heavy atom. The van der Waals surface area contributed by atoms with Crippen molar-refractivity contribution in [1.82, 2.24) is 9.97 Å². The molecule has 1 saturated heterocycles. The van der Waals surface area contributed by atoms with Crippen molar-refractivity contribution < 1.29 is 9.72 Å². The van der Waals surface area contributed by atoms with E-state index in [-0.39, 0.29) is 11.3 Å². The Morgan fingerprint density at radius 3 is 2.69 bits per heavy atom. The van der Waals surface area contributed by atoms with Gasteiger partial charge in [-0.1, -0.05) is 0 Å². The lowest BCUT2D eigenvalue weighted by Crippen LogP contribution is -2.29. The molecule has 3 heterocycles. The van der Waals surface area contributed by atoms with Crippen molar-refractivity contribution in [1.29, 1.82) is 0 Å². The molecule has 0 radical (unpaired) electrons. The van der Waals surface area contributed by atoms with Crippen molar-refractivity contribution in [3.05, 3.63) is 64.2 Å². The molecule has 4 rings (SSSR count). The van der Waals surface area contributed by atoms with Crippen LogP contribution < -0.4 is 10.2 Å². The van der Waals surface area contributed by atoms with Gasteiger partial charge in [-0.25, -0.2) is 0 Å². The quantitative estimate of drug-likeness (QED) is 0.531. The van der Waals surface area contributed by atoms with Crippen molar-refractivity contribution >= 4 is 33.7 Å². The second kappa shape index (κ2) is 7.83. The van der Waals surface area contributed by atoms with E-state index in [1.165, 1.54) is 25.3 Å². The Labute approximate surface area is 167 Å². The molecule has 1 fully saturated rings. The largest absolute Gasteiger partial charge is 0.371 e. The third kappa shape index (κ3) is 3.73. The molecule has 8 heteroatoms. The Bertz CT molecular complexity index is 1090. The van der Waals surface area contributed by atoms with Crippen LogP contribution in [0, 0.1) is 17.0 Å². The topological polar surface area (TPSA) is 101 Å². The van der Waals surface area contributed by atoms with Gasteiger partial charge in [-0.15, -0.1) is 0 Å². The number of aryl methyl sites for hydroxylation is 1. The van der Waals surface area contributed by atoms with E-state index in [1.807, 2.05) is 18.2 Å². The first kappa shape index (κ1) is 18.8. The summed E-state index contributed by atoms with van der Waals surface area (Å²) in [6, 6.07) is 7.09. The minimum Gasteiger partial charge on any atom is -0.371 e. The van der Waals surface area contributed by atoms with Crippen molar-refractivity contribution in [2.45, 2.75) is 26.2 Å². The number of carbonyl (C=O) groups excluding carboxylic acids is 1. The molecule has 1 N–H and O–H groups in total. The average molecular weight is 391 g/mol. The highest BCUT2D eigenvalue weighted by atomic mass is 16.6. The fraction of sp³-hybridized carbons (Fsp3) is 0.286. The van der Waals surface area contributed by atoms with Gasteiger partial charge in [0.1, 0.15) is 6.20 Å². The van der Waals surface area contributed by atoms with Gasteiger partial charge in [-0.2, -0.15) is 0 Å². The summed E-state index contributed by atoms with van der Waals surface area (Å²) in [7, 11) is 0. The lowest BCUT2D eigenvalue weighted by Gasteiger charge is -2.30. The number of fused-ring (bicyclic) bond motifs is 1. The highest BCUT2D eigenvalue weighted by molar-refractivity contribution is 6.11. The lowest BCUT2D eigenvalue weighted by atomic mass is 10.0. The normalized spacial score (nSPS) is 14.0. The minimum absolute atomic E-state index is 0.177. The maximum absolute atomic E-state index is 12.8. The number of hydrogen-bond acceptors (Lipinski definition) is 6. The van der Waals surface area contributed by atoms with E-state index in [9.17, 15) is 14.9 Å². The summed E-state index contributed by atoms with van der Waals surface area (Å²) in [4.78, 5) is 33.9. The van der Waals surface area contributed by atoms with Gasteiger partial charge in [-0.05, 0) is 44.4 Å². The first-order chi connectivity index (χ1) is 14.0.